The maximum Gasteiger partial charge on any atom is 0.0611 e. The van der Waals surface area contributed by atoms with Gasteiger partial charge in [-0.2, -0.15) is 0 Å². The van der Waals surface area contributed by atoms with Gasteiger partial charge in [-0.3, -0.25) is 0 Å². The largest absolute Gasteiger partial charge is 0.368 e. The zero-order valence-electron chi connectivity index (χ0n) is 12.3. The van der Waals surface area contributed by atoms with Crippen LogP contribution in [-0.2, 0) is 0 Å². The van der Waals surface area contributed by atoms with Gasteiger partial charge in [0.25, 0.3) is 0 Å². The first-order chi connectivity index (χ1) is 9.20. The maximum atomic E-state index is 3.53. The molecule has 104 valence electrons. The van der Waals surface area contributed by atoms with E-state index in [0.717, 1.165) is 32.7 Å². The molecule has 1 atom stereocenters. The van der Waals surface area contributed by atoms with Crippen LogP contribution in [0.5, 0.6) is 0 Å². The standard InChI is InChI=1S/C16H25N3/c1-4-18-11-14-10-17-7-8-19(14)16-9-13(12(2)3)5-6-15(16)18/h5-6,9,12,14,17H,4,7-8,10-11H2,1-3H3. The predicted octanol–water partition coefficient (Wildman–Crippen LogP) is 2.43. The molecule has 19 heavy (non-hydrogen) atoms. The van der Waals surface area contributed by atoms with E-state index in [4.69, 9.17) is 0 Å². The molecule has 0 aliphatic carbocycles. The summed E-state index contributed by atoms with van der Waals surface area (Å²) in [6.45, 7) is 12.4. The van der Waals surface area contributed by atoms with Crippen molar-refractivity contribution in [3.05, 3.63) is 23.8 Å². The second-order valence-electron chi connectivity index (χ2n) is 5.99. The highest BCUT2D eigenvalue weighted by atomic mass is 15.3. The Bertz CT molecular complexity index is 455. The molecule has 0 aromatic heterocycles. The van der Waals surface area contributed by atoms with Gasteiger partial charge in [0, 0.05) is 32.7 Å². The molecule has 0 saturated carbocycles. The summed E-state index contributed by atoms with van der Waals surface area (Å²) in [6, 6.07) is 7.67. The van der Waals surface area contributed by atoms with Crippen molar-refractivity contribution in [2.24, 2.45) is 0 Å². The summed E-state index contributed by atoms with van der Waals surface area (Å²) >= 11 is 0. The second-order valence-corrected chi connectivity index (χ2v) is 5.99. The fourth-order valence-electron chi connectivity index (χ4n) is 3.29. The number of hydrogen-bond acceptors (Lipinski definition) is 3. The van der Waals surface area contributed by atoms with E-state index < -0.39 is 0 Å². The quantitative estimate of drug-likeness (QED) is 0.880. The third kappa shape index (κ3) is 2.20. The van der Waals surface area contributed by atoms with Crippen LogP contribution in [0.1, 0.15) is 32.3 Å². The van der Waals surface area contributed by atoms with Gasteiger partial charge >= 0.3 is 0 Å². The number of fused-ring (bicyclic) bond motifs is 3. The minimum Gasteiger partial charge on any atom is -0.368 e. The number of nitrogens with zero attached hydrogens (tertiary/aromatic N) is 2. The smallest absolute Gasteiger partial charge is 0.0611 e. The lowest BCUT2D eigenvalue weighted by atomic mass is 9.98. The summed E-state index contributed by atoms with van der Waals surface area (Å²) in [6.07, 6.45) is 0. The summed E-state index contributed by atoms with van der Waals surface area (Å²) in [7, 11) is 0. The molecule has 0 bridgehead atoms. The minimum absolute atomic E-state index is 0.601. The molecular formula is C16H25N3. The summed E-state index contributed by atoms with van der Waals surface area (Å²) in [5.74, 6) is 0.601. The third-order valence-electron chi connectivity index (χ3n) is 4.48. The molecule has 2 heterocycles. The first-order valence-corrected chi connectivity index (χ1v) is 7.57. The maximum absolute atomic E-state index is 3.53. The highest BCUT2D eigenvalue weighted by Crippen LogP contribution is 2.37. The van der Waals surface area contributed by atoms with E-state index in [0.29, 0.717) is 12.0 Å². The Labute approximate surface area is 116 Å². The number of piperazine rings is 1. The zero-order chi connectivity index (χ0) is 13.4. The number of anilines is 2. The van der Waals surface area contributed by atoms with Crippen LogP contribution in [0.2, 0.25) is 0 Å². The molecule has 2 aliphatic heterocycles. The van der Waals surface area contributed by atoms with Crippen molar-refractivity contribution in [2.45, 2.75) is 32.7 Å². The fraction of sp³-hybridized carbons (Fsp3) is 0.625. The average molecular weight is 259 g/mol. The van der Waals surface area contributed by atoms with Crippen molar-refractivity contribution in [2.75, 3.05) is 42.5 Å². The lowest BCUT2D eigenvalue weighted by Crippen LogP contribution is -2.58. The Hall–Kier alpha value is -1.22. The van der Waals surface area contributed by atoms with Gasteiger partial charge in [-0.15, -0.1) is 0 Å². The van der Waals surface area contributed by atoms with E-state index in [2.05, 4.69) is 54.1 Å². The van der Waals surface area contributed by atoms with Gasteiger partial charge in [-0.1, -0.05) is 19.9 Å². The van der Waals surface area contributed by atoms with E-state index in [1.165, 1.54) is 16.9 Å². The van der Waals surface area contributed by atoms with Crippen LogP contribution in [0, 0.1) is 0 Å². The summed E-state index contributed by atoms with van der Waals surface area (Å²) in [4.78, 5) is 5.14. The molecule has 3 heteroatoms. The normalized spacial score (nSPS) is 22.4. The summed E-state index contributed by atoms with van der Waals surface area (Å²) in [5.41, 5.74) is 4.32. The van der Waals surface area contributed by atoms with E-state index in [1.807, 2.05) is 0 Å². The Kier molecular flexibility index (Phi) is 3.40. The van der Waals surface area contributed by atoms with Crippen LogP contribution in [-0.4, -0.2) is 38.8 Å². The zero-order valence-corrected chi connectivity index (χ0v) is 12.3. The van der Waals surface area contributed by atoms with E-state index in [-0.39, 0.29) is 0 Å². The van der Waals surface area contributed by atoms with Gasteiger partial charge in [-0.05, 0) is 30.5 Å². The van der Waals surface area contributed by atoms with Crippen LogP contribution in [0.25, 0.3) is 0 Å². The SMILES string of the molecule is CCN1CC2CNCCN2c2cc(C(C)C)ccc21. The van der Waals surface area contributed by atoms with Crippen LogP contribution in [0.3, 0.4) is 0 Å². The molecule has 1 saturated heterocycles. The summed E-state index contributed by atoms with van der Waals surface area (Å²) in [5, 5.41) is 3.53. The van der Waals surface area contributed by atoms with Gasteiger partial charge in [0.05, 0.1) is 17.4 Å². The fourth-order valence-corrected chi connectivity index (χ4v) is 3.29. The first kappa shape index (κ1) is 12.8. The van der Waals surface area contributed by atoms with Crippen molar-refractivity contribution in [3.8, 4) is 0 Å². The molecule has 1 N–H and O–H groups in total. The van der Waals surface area contributed by atoms with E-state index in [9.17, 15) is 0 Å². The Morgan fingerprint density at radius 1 is 1.32 bits per heavy atom. The minimum atomic E-state index is 0.601. The van der Waals surface area contributed by atoms with Gasteiger partial charge in [0.2, 0.25) is 0 Å². The van der Waals surface area contributed by atoms with Crippen LogP contribution < -0.4 is 15.1 Å². The number of hydrogen-bond donors (Lipinski definition) is 1. The van der Waals surface area contributed by atoms with Gasteiger partial charge in [0.1, 0.15) is 0 Å². The van der Waals surface area contributed by atoms with Crippen LogP contribution >= 0.6 is 0 Å². The van der Waals surface area contributed by atoms with Crippen molar-refractivity contribution >= 4 is 11.4 Å². The molecular weight excluding hydrogens is 234 g/mol. The Morgan fingerprint density at radius 2 is 2.16 bits per heavy atom. The molecule has 0 amide bonds. The summed E-state index contributed by atoms with van der Waals surface area (Å²) < 4.78 is 0. The predicted molar refractivity (Wildman–Crippen MR) is 82.4 cm³/mol. The first-order valence-electron chi connectivity index (χ1n) is 7.57. The number of likely N-dealkylation sites (N-methyl/N-ethyl adjacent to an activating group) is 1. The topological polar surface area (TPSA) is 18.5 Å². The van der Waals surface area contributed by atoms with Gasteiger partial charge < -0.3 is 15.1 Å². The number of rotatable bonds is 2. The molecule has 2 aliphatic rings. The van der Waals surface area contributed by atoms with E-state index in [1.54, 1.807) is 0 Å². The Morgan fingerprint density at radius 3 is 2.89 bits per heavy atom. The lowest BCUT2D eigenvalue weighted by molar-refractivity contribution is 0.460. The molecule has 1 aromatic rings. The molecule has 3 rings (SSSR count). The molecule has 1 aromatic carbocycles. The number of nitrogens with one attached hydrogen (secondary N) is 1. The van der Waals surface area contributed by atoms with Crippen LogP contribution in [0.4, 0.5) is 11.4 Å². The van der Waals surface area contributed by atoms with Crippen LogP contribution in [0.15, 0.2) is 18.2 Å². The third-order valence-corrected chi connectivity index (χ3v) is 4.48. The van der Waals surface area contributed by atoms with Gasteiger partial charge in [0.15, 0.2) is 0 Å². The molecule has 3 nitrogen and oxygen atoms in total. The van der Waals surface area contributed by atoms with Gasteiger partial charge in [-0.25, -0.2) is 0 Å². The van der Waals surface area contributed by atoms with Crippen molar-refractivity contribution in [3.63, 3.8) is 0 Å². The van der Waals surface area contributed by atoms with E-state index >= 15 is 0 Å². The number of benzene rings is 1. The highest BCUT2D eigenvalue weighted by molar-refractivity contribution is 5.75. The second kappa shape index (κ2) is 5.04. The molecule has 0 radical (unpaired) electrons. The average Bonchev–Trinajstić information content (AvgIpc) is 2.45. The Balaban J connectivity index is 2.03. The molecule has 1 fully saturated rings. The molecule has 1 unspecified atom stereocenters. The highest BCUT2D eigenvalue weighted by Gasteiger charge is 2.31. The van der Waals surface area contributed by atoms with Crippen molar-refractivity contribution in [1.29, 1.82) is 0 Å². The monoisotopic (exact) mass is 259 g/mol. The molecule has 0 spiro atoms. The lowest BCUT2D eigenvalue weighted by Gasteiger charge is -2.47. The van der Waals surface area contributed by atoms with Crippen molar-refractivity contribution < 1.29 is 0 Å². The van der Waals surface area contributed by atoms with Crippen molar-refractivity contribution in [1.82, 2.24) is 5.32 Å².